The summed E-state index contributed by atoms with van der Waals surface area (Å²) >= 11 is 0. The number of hydrogen-bond acceptors (Lipinski definition) is 5. The first-order valence-corrected chi connectivity index (χ1v) is 8.09. The highest BCUT2D eigenvalue weighted by Crippen LogP contribution is 2.21. The third kappa shape index (κ3) is 4.02. The SMILES string of the molecule is CC(C)[C@H]([NH3+])c1nnc(S(=O)(=O)Cc2ccccc2F)o1.[Cl-]. The van der Waals surface area contributed by atoms with Crippen LogP contribution in [0.4, 0.5) is 4.39 Å². The van der Waals surface area contributed by atoms with Crippen molar-refractivity contribution in [2.24, 2.45) is 5.92 Å². The summed E-state index contributed by atoms with van der Waals surface area (Å²) in [6.07, 6.45) is 0. The number of sulfone groups is 1. The fourth-order valence-electron chi connectivity index (χ4n) is 1.66. The molecule has 0 fully saturated rings. The lowest BCUT2D eigenvalue weighted by molar-refractivity contribution is -0.443. The van der Waals surface area contributed by atoms with E-state index < -0.39 is 26.6 Å². The molecule has 0 aliphatic carbocycles. The number of nitrogens with zero attached hydrogens (tertiary/aromatic N) is 2. The van der Waals surface area contributed by atoms with Gasteiger partial charge in [0.25, 0.3) is 5.89 Å². The van der Waals surface area contributed by atoms with Crippen LogP contribution in [-0.2, 0) is 15.6 Å². The Morgan fingerprint density at radius 3 is 2.50 bits per heavy atom. The van der Waals surface area contributed by atoms with Crippen LogP contribution in [0.2, 0.25) is 0 Å². The van der Waals surface area contributed by atoms with Crippen LogP contribution in [0.3, 0.4) is 0 Å². The summed E-state index contributed by atoms with van der Waals surface area (Å²) < 4.78 is 43.1. The molecule has 0 amide bonds. The minimum absolute atomic E-state index is 0. The molecule has 6 nitrogen and oxygen atoms in total. The zero-order valence-corrected chi connectivity index (χ0v) is 13.7. The molecule has 1 atom stereocenters. The van der Waals surface area contributed by atoms with Crippen LogP contribution in [0.15, 0.2) is 33.9 Å². The molecule has 0 unspecified atom stereocenters. The summed E-state index contributed by atoms with van der Waals surface area (Å²) in [7, 11) is -3.88. The van der Waals surface area contributed by atoms with E-state index >= 15 is 0 Å². The molecule has 0 radical (unpaired) electrons. The van der Waals surface area contributed by atoms with Crippen LogP contribution in [0.1, 0.15) is 31.3 Å². The molecule has 0 spiro atoms. The summed E-state index contributed by atoms with van der Waals surface area (Å²) in [5, 5.41) is 6.76. The fraction of sp³-hybridized carbons (Fsp3) is 0.385. The van der Waals surface area contributed by atoms with Gasteiger partial charge in [0.15, 0.2) is 6.04 Å². The average Bonchev–Trinajstić information content (AvgIpc) is 2.90. The predicted molar refractivity (Wildman–Crippen MR) is 72.1 cm³/mol. The highest BCUT2D eigenvalue weighted by molar-refractivity contribution is 7.90. The largest absolute Gasteiger partial charge is 1.00 e. The van der Waals surface area contributed by atoms with Crippen molar-refractivity contribution < 1.29 is 35.4 Å². The Hall–Kier alpha value is -1.51. The van der Waals surface area contributed by atoms with Gasteiger partial charge in [-0.15, -0.1) is 5.10 Å². The Balaban J connectivity index is 0.00000242. The predicted octanol–water partition coefficient (Wildman–Crippen LogP) is -1.87. The second-order valence-electron chi connectivity index (χ2n) is 5.11. The van der Waals surface area contributed by atoms with Crippen molar-refractivity contribution in [3.05, 3.63) is 41.5 Å². The monoisotopic (exact) mass is 349 g/mol. The summed E-state index contributed by atoms with van der Waals surface area (Å²) in [5.41, 5.74) is 3.91. The molecule has 3 N–H and O–H groups in total. The Bertz CT molecular complexity index is 734. The van der Waals surface area contributed by atoms with Gasteiger partial charge in [0, 0.05) is 11.5 Å². The van der Waals surface area contributed by atoms with E-state index in [1.54, 1.807) is 6.07 Å². The molecule has 122 valence electrons. The molecular weight excluding hydrogens is 333 g/mol. The van der Waals surface area contributed by atoms with Gasteiger partial charge in [0.1, 0.15) is 5.82 Å². The lowest BCUT2D eigenvalue weighted by Gasteiger charge is -2.06. The first kappa shape index (κ1) is 18.5. The second-order valence-corrected chi connectivity index (χ2v) is 6.97. The Labute approximate surface area is 134 Å². The van der Waals surface area contributed by atoms with Gasteiger partial charge in [-0.1, -0.05) is 37.1 Å². The van der Waals surface area contributed by atoms with Crippen LogP contribution in [0.5, 0.6) is 0 Å². The Morgan fingerprint density at radius 2 is 1.91 bits per heavy atom. The van der Waals surface area contributed by atoms with Gasteiger partial charge < -0.3 is 22.6 Å². The Kier molecular flexibility index (Phi) is 6.04. The fourth-order valence-corrected chi connectivity index (χ4v) is 2.81. The molecule has 0 saturated carbocycles. The van der Waals surface area contributed by atoms with Crippen LogP contribution in [-0.4, -0.2) is 18.6 Å². The highest BCUT2D eigenvalue weighted by Gasteiger charge is 2.28. The summed E-state index contributed by atoms with van der Waals surface area (Å²) in [6.45, 7) is 3.82. The van der Waals surface area contributed by atoms with Crippen molar-refractivity contribution >= 4 is 9.84 Å². The average molecular weight is 350 g/mol. The van der Waals surface area contributed by atoms with Gasteiger partial charge >= 0.3 is 5.22 Å². The van der Waals surface area contributed by atoms with Gasteiger partial charge in [0.05, 0.1) is 5.75 Å². The van der Waals surface area contributed by atoms with Crippen molar-refractivity contribution in [2.75, 3.05) is 0 Å². The summed E-state index contributed by atoms with van der Waals surface area (Å²) in [6, 6.07) is 5.37. The molecule has 1 heterocycles. The molecule has 2 aromatic rings. The third-order valence-corrected chi connectivity index (χ3v) is 4.50. The first-order chi connectivity index (χ1) is 9.81. The topological polar surface area (TPSA) is 101 Å². The molecular formula is C13H17ClFN3O3S. The number of aromatic nitrogens is 2. The normalized spacial score (nSPS) is 13.0. The van der Waals surface area contributed by atoms with Gasteiger partial charge in [-0.05, 0) is 6.07 Å². The van der Waals surface area contributed by atoms with Crippen LogP contribution in [0, 0.1) is 11.7 Å². The molecule has 22 heavy (non-hydrogen) atoms. The van der Waals surface area contributed by atoms with Crippen molar-refractivity contribution in [1.82, 2.24) is 10.2 Å². The van der Waals surface area contributed by atoms with E-state index in [2.05, 4.69) is 15.9 Å². The van der Waals surface area contributed by atoms with Gasteiger partial charge in [0.2, 0.25) is 9.84 Å². The van der Waals surface area contributed by atoms with Gasteiger partial charge in [-0.3, -0.25) is 0 Å². The number of rotatable bonds is 5. The lowest BCUT2D eigenvalue weighted by atomic mass is 10.1. The smallest absolute Gasteiger partial charge is 0.336 e. The molecule has 9 heteroatoms. The minimum Gasteiger partial charge on any atom is -1.00 e. The molecule has 0 aliphatic rings. The van der Waals surface area contributed by atoms with Gasteiger partial charge in [-0.2, -0.15) is 0 Å². The molecule has 0 aliphatic heterocycles. The van der Waals surface area contributed by atoms with E-state index in [1.807, 2.05) is 13.8 Å². The second kappa shape index (κ2) is 7.17. The van der Waals surface area contributed by atoms with Crippen LogP contribution < -0.4 is 18.1 Å². The first-order valence-electron chi connectivity index (χ1n) is 6.44. The quantitative estimate of drug-likeness (QED) is 0.681. The van der Waals surface area contributed by atoms with E-state index in [1.165, 1.54) is 18.2 Å². The van der Waals surface area contributed by atoms with E-state index in [0.717, 1.165) is 0 Å². The van der Waals surface area contributed by atoms with Gasteiger partial charge in [-0.25, -0.2) is 12.8 Å². The molecule has 0 bridgehead atoms. The van der Waals surface area contributed by atoms with Crippen LogP contribution in [0.25, 0.3) is 0 Å². The van der Waals surface area contributed by atoms with Crippen LogP contribution >= 0.6 is 0 Å². The third-order valence-electron chi connectivity index (χ3n) is 3.11. The zero-order chi connectivity index (χ0) is 15.6. The van der Waals surface area contributed by atoms with Crippen molar-refractivity contribution in [2.45, 2.75) is 30.9 Å². The number of halogens is 2. The zero-order valence-electron chi connectivity index (χ0n) is 12.2. The van der Waals surface area contributed by atoms with Crippen molar-refractivity contribution in [1.29, 1.82) is 0 Å². The maximum atomic E-state index is 13.5. The number of quaternary nitrogens is 1. The van der Waals surface area contributed by atoms with E-state index in [9.17, 15) is 12.8 Å². The summed E-state index contributed by atoms with van der Waals surface area (Å²) in [4.78, 5) is 0. The minimum atomic E-state index is -3.88. The standard InChI is InChI=1S/C13H16FN3O3S.ClH/c1-8(2)11(15)12-16-17-13(20-12)21(18,19)7-9-5-3-4-6-10(9)14;/h3-6,8,11H,7,15H2,1-2H3;1H/t11-;/m0./s1. The van der Waals surface area contributed by atoms with Crippen molar-refractivity contribution in [3.8, 4) is 0 Å². The molecule has 1 aromatic heterocycles. The van der Waals surface area contributed by atoms with E-state index in [0.29, 0.717) is 0 Å². The Morgan fingerprint density at radius 1 is 1.27 bits per heavy atom. The maximum absolute atomic E-state index is 13.5. The van der Waals surface area contributed by atoms with E-state index in [4.69, 9.17) is 4.42 Å². The molecule has 2 rings (SSSR count). The maximum Gasteiger partial charge on any atom is 0.336 e. The summed E-state index contributed by atoms with van der Waals surface area (Å²) in [5.74, 6) is -0.812. The highest BCUT2D eigenvalue weighted by atomic mass is 35.5. The molecule has 1 aromatic carbocycles. The lowest BCUT2D eigenvalue weighted by Crippen LogP contribution is -3.00. The van der Waals surface area contributed by atoms with Crippen molar-refractivity contribution in [3.63, 3.8) is 0 Å². The molecule has 0 saturated heterocycles. The van der Waals surface area contributed by atoms with E-state index in [-0.39, 0.29) is 35.8 Å². The number of benzene rings is 1. The number of hydrogen-bond donors (Lipinski definition) is 1.